The highest BCUT2D eigenvalue weighted by atomic mass is 19.1. The Balaban J connectivity index is 2.27. The minimum atomic E-state index is -0.0590. The molecule has 1 aromatic carbocycles. The molecule has 1 fully saturated rings. The van der Waals surface area contributed by atoms with Crippen molar-refractivity contribution in [3.63, 3.8) is 0 Å². The first-order chi connectivity index (χ1) is 7.68. The minimum Gasteiger partial charge on any atom is -0.381 e. The summed E-state index contributed by atoms with van der Waals surface area (Å²) in [6.07, 6.45) is 1.89. The van der Waals surface area contributed by atoms with Gasteiger partial charge < -0.3 is 4.74 Å². The van der Waals surface area contributed by atoms with Gasteiger partial charge in [0.25, 0.3) is 0 Å². The Morgan fingerprint density at radius 2 is 1.94 bits per heavy atom. The van der Waals surface area contributed by atoms with Crippen LogP contribution >= 0.6 is 0 Å². The molecule has 0 spiro atoms. The van der Waals surface area contributed by atoms with Crippen LogP contribution < -0.4 is 0 Å². The summed E-state index contributed by atoms with van der Waals surface area (Å²) in [4.78, 5) is 0. The topological polar surface area (TPSA) is 9.23 Å². The summed E-state index contributed by atoms with van der Waals surface area (Å²) in [5.74, 6) is 0.739. The molecule has 0 unspecified atom stereocenters. The summed E-state index contributed by atoms with van der Waals surface area (Å²) in [5, 5.41) is 0. The second kappa shape index (κ2) is 4.96. The van der Waals surface area contributed by atoms with Crippen LogP contribution in [-0.4, -0.2) is 13.2 Å². The van der Waals surface area contributed by atoms with Gasteiger partial charge in [0.05, 0.1) is 0 Å². The molecule has 1 heterocycles. The van der Waals surface area contributed by atoms with Gasteiger partial charge in [-0.15, -0.1) is 0 Å². The van der Waals surface area contributed by atoms with Crippen LogP contribution in [0.4, 0.5) is 4.39 Å². The molecule has 0 radical (unpaired) electrons. The van der Waals surface area contributed by atoms with E-state index in [-0.39, 0.29) is 5.82 Å². The van der Waals surface area contributed by atoms with Crippen LogP contribution in [0.5, 0.6) is 0 Å². The van der Waals surface area contributed by atoms with Crippen LogP contribution in [0.3, 0.4) is 0 Å². The summed E-state index contributed by atoms with van der Waals surface area (Å²) in [6.45, 7) is 5.80. The van der Waals surface area contributed by atoms with Gasteiger partial charge >= 0.3 is 0 Å². The highest BCUT2D eigenvalue weighted by Gasteiger charge is 2.19. The third kappa shape index (κ3) is 2.43. The van der Waals surface area contributed by atoms with Gasteiger partial charge in [-0.1, -0.05) is 26.0 Å². The predicted molar refractivity (Wildman–Crippen MR) is 63.3 cm³/mol. The summed E-state index contributed by atoms with van der Waals surface area (Å²) >= 11 is 0. The Kier molecular flexibility index (Phi) is 3.59. The van der Waals surface area contributed by atoms with E-state index in [9.17, 15) is 4.39 Å². The lowest BCUT2D eigenvalue weighted by molar-refractivity contribution is 0.0846. The fourth-order valence-electron chi connectivity index (χ4n) is 2.24. The zero-order chi connectivity index (χ0) is 11.5. The van der Waals surface area contributed by atoms with Crippen molar-refractivity contribution < 1.29 is 9.13 Å². The summed E-state index contributed by atoms with van der Waals surface area (Å²) in [7, 11) is 0. The van der Waals surface area contributed by atoms with Crippen LogP contribution in [-0.2, 0) is 4.74 Å². The number of halogens is 1. The molecule has 1 aliphatic rings. The molecule has 2 rings (SSSR count). The van der Waals surface area contributed by atoms with Crippen molar-refractivity contribution >= 4 is 0 Å². The van der Waals surface area contributed by atoms with Gasteiger partial charge in [0.1, 0.15) is 5.82 Å². The molecule has 0 atom stereocenters. The Labute approximate surface area is 96.6 Å². The number of hydrogen-bond donors (Lipinski definition) is 0. The fraction of sp³-hybridized carbons (Fsp3) is 0.571. The Hall–Kier alpha value is -0.890. The second-order valence-corrected chi connectivity index (χ2v) is 4.82. The van der Waals surface area contributed by atoms with E-state index in [0.717, 1.165) is 31.6 Å². The lowest BCUT2D eigenvalue weighted by Crippen LogP contribution is -2.15. The van der Waals surface area contributed by atoms with Crippen molar-refractivity contribution in [1.29, 1.82) is 0 Å². The highest BCUT2D eigenvalue weighted by Crippen LogP contribution is 2.30. The molecular weight excluding hydrogens is 203 g/mol. The van der Waals surface area contributed by atoms with E-state index in [4.69, 9.17) is 4.74 Å². The van der Waals surface area contributed by atoms with E-state index in [0.29, 0.717) is 11.8 Å². The monoisotopic (exact) mass is 222 g/mol. The largest absolute Gasteiger partial charge is 0.381 e. The predicted octanol–water partition coefficient (Wildman–Crippen LogP) is 3.84. The molecule has 0 aliphatic carbocycles. The third-order valence-electron chi connectivity index (χ3n) is 3.35. The average Bonchev–Trinajstić information content (AvgIpc) is 2.30. The Morgan fingerprint density at radius 1 is 1.25 bits per heavy atom. The molecule has 1 aliphatic heterocycles. The van der Waals surface area contributed by atoms with Crippen molar-refractivity contribution in [3.8, 4) is 0 Å². The van der Waals surface area contributed by atoms with E-state index in [1.54, 1.807) is 6.07 Å². The van der Waals surface area contributed by atoms with Crippen LogP contribution in [0.25, 0.3) is 0 Å². The Morgan fingerprint density at radius 3 is 2.56 bits per heavy atom. The Bertz CT molecular complexity index is 354. The molecule has 0 bridgehead atoms. The van der Waals surface area contributed by atoms with Crippen molar-refractivity contribution in [2.75, 3.05) is 13.2 Å². The normalized spacial score (nSPS) is 18.0. The van der Waals surface area contributed by atoms with Crippen LogP contribution in [0.2, 0.25) is 0 Å². The first-order valence-electron chi connectivity index (χ1n) is 6.05. The molecule has 88 valence electrons. The first-order valence-corrected chi connectivity index (χ1v) is 6.05. The maximum atomic E-state index is 13.8. The van der Waals surface area contributed by atoms with Crippen LogP contribution in [0.1, 0.15) is 49.7 Å². The summed E-state index contributed by atoms with van der Waals surface area (Å²) in [6, 6.07) is 5.54. The SMILES string of the molecule is CC(C)c1ccc(F)c(C2CCOCC2)c1. The number of ether oxygens (including phenoxy) is 1. The third-order valence-corrected chi connectivity index (χ3v) is 3.35. The molecule has 0 amide bonds. The van der Waals surface area contributed by atoms with Crippen molar-refractivity contribution in [3.05, 3.63) is 35.1 Å². The summed E-state index contributed by atoms with van der Waals surface area (Å²) in [5.41, 5.74) is 2.11. The first kappa shape index (κ1) is 11.6. The van der Waals surface area contributed by atoms with Gasteiger partial charge in [0, 0.05) is 13.2 Å². The molecule has 2 heteroatoms. The minimum absolute atomic E-state index is 0.0590. The van der Waals surface area contributed by atoms with E-state index in [1.807, 2.05) is 12.1 Å². The molecule has 1 saturated heterocycles. The van der Waals surface area contributed by atoms with E-state index in [1.165, 1.54) is 5.56 Å². The van der Waals surface area contributed by atoms with E-state index < -0.39 is 0 Å². The van der Waals surface area contributed by atoms with Gasteiger partial charge in [-0.2, -0.15) is 0 Å². The van der Waals surface area contributed by atoms with Crippen LogP contribution in [0, 0.1) is 5.82 Å². The average molecular weight is 222 g/mol. The molecule has 0 saturated carbocycles. The summed E-state index contributed by atoms with van der Waals surface area (Å²) < 4.78 is 19.1. The molecule has 16 heavy (non-hydrogen) atoms. The molecule has 1 aromatic rings. The smallest absolute Gasteiger partial charge is 0.126 e. The van der Waals surface area contributed by atoms with Gasteiger partial charge in [0.2, 0.25) is 0 Å². The van der Waals surface area contributed by atoms with Gasteiger partial charge in [-0.3, -0.25) is 0 Å². The van der Waals surface area contributed by atoms with Gasteiger partial charge in [0.15, 0.2) is 0 Å². The lowest BCUT2D eigenvalue weighted by Gasteiger charge is -2.23. The highest BCUT2D eigenvalue weighted by molar-refractivity contribution is 5.30. The quantitative estimate of drug-likeness (QED) is 0.738. The van der Waals surface area contributed by atoms with Crippen molar-refractivity contribution in [2.45, 2.75) is 38.5 Å². The maximum Gasteiger partial charge on any atom is 0.126 e. The van der Waals surface area contributed by atoms with Crippen LogP contribution in [0.15, 0.2) is 18.2 Å². The molecule has 0 aromatic heterocycles. The van der Waals surface area contributed by atoms with Gasteiger partial charge in [-0.05, 0) is 41.9 Å². The van der Waals surface area contributed by atoms with E-state index in [2.05, 4.69) is 13.8 Å². The second-order valence-electron chi connectivity index (χ2n) is 4.82. The number of benzene rings is 1. The zero-order valence-electron chi connectivity index (χ0n) is 10.0. The standard InChI is InChI=1S/C14H19FO/c1-10(2)12-3-4-14(15)13(9-12)11-5-7-16-8-6-11/h3-4,9-11H,5-8H2,1-2H3. The fourth-order valence-corrected chi connectivity index (χ4v) is 2.24. The molecule has 0 N–H and O–H groups in total. The zero-order valence-corrected chi connectivity index (χ0v) is 10.0. The lowest BCUT2D eigenvalue weighted by atomic mass is 9.88. The van der Waals surface area contributed by atoms with Crippen molar-refractivity contribution in [2.24, 2.45) is 0 Å². The maximum absolute atomic E-state index is 13.8. The van der Waals surface area contributed by atoms with Crippen molar-refractivity contribution in [1.82, 2.24) is 0 Å². The molecular formula is C14H19FO. The van der Waals surface area contributed by atoms with Gasteiger partial charge in [-0.25, -0.2) is 4.39 Å². The number of hydrogen-bond acceptors (Lipinski definition) is 1. The van der Waals surface area contributed by atoms with E-state index >= 15 is 0 Å². The molecule has 1 nitrogen and oxygen atoms in total. The number of rotatable bonds is 2.